The lowest BCUT2D eigenvalue weighted by molar-refractivity contribution is -0.826. The summed E-state index contributed by atoms with van der Waals surface area (Å²) < 4.78 is 1.62. The average Bonchev–Trinajstić information content (AvgIpc) is 2.74. The molecule has 1 aromatic carbocycles. The molecule has 164 valence electrons. The molecule has 6 heteroatoms. The van der Waals surface area contributed by atoms with E-state index < -0.39 is 0 Å². The van der Waals surface area contributed by atoms with Crippen LogP contribution in [0.1, 0.15) is 30.4 Å². The van der Waals surface area contributed by atoms with Gasteiger partial charge in [-0.3, -0.25) is 19.5 Å². The summed E-state index contributed by atoms with van der Waals surface area (Å²) in [6.07, 6.45) is 6.93. The van der Waals surface area contributed by atoms with Crippen LogP contribution in [0.2, 0.25) is 0 Å². The summed E-state index contributed by atoms with van der Waals surface area (Å²) >= 11 is 0. The molecular weight excluding hydrogens is 388 g/mol. The molecule has 2 fully saturated rings. The highest BCUT2D eigenvalue weighted by molar-refractivity contribution is 5.69. The molecule has 6 nitrogen and oxygen atoms in total. The molecule has 3 heterocycles. The monoisotopic (exact) mass is 421 g/mol. The molecule has 1 aromatic heterocycles. The molecule has 31 heavy (non-hydrogen) atoms. The zero-order valence-electron chi connectivity index (χ0n) is 18.5. The van der Waals surface area contributed by atoms with E-state index in [-0.39, 0.29) is 5.56 Å². The number of carbonyl (C=O) groups excluding carboxylic acids is 1. The van der Waals surface area contributed by atoms with Crippen molar-refractivity contribution in [1.82, 2.24) is 14.4 Å². The number of pyridine rings is 1. The van der Waals surface area contributed by atoms with Crippen molar-refractivity contribution in [1.29, 1.82) is 0 Å². The average molecular weight is 422 g/mol. The molecular formula is C25H33N4O2+. The molecule has 0 radical (unpaired) electrons. The van der Waals surface area contributed by atoms with E-state index in [1.807, 2.05) is 12.3 Å². The van der Waals surface area contributed by atoms with Crippen LogP contribution in [-0.2, 0) is 24.8 Å². The first-order valence-corrected chi connectivity index (χ1v) is 11.7. The van der Waals surface area contributed by atoms with Crippen molar-refractivity contribution < 1.29 is 9.69 Å². The third-order valence-electron chi connectivity index (χ3n) is 7.47. The molecule has 0 atom stereocenters. The maximum absolute atomic E-state index is 12.9. The molecule has 1 saturated heterocycles. The predicted octanol–water partition coefficient (Wildman–Crippen LogP) is 0.690. The largest absolute Gasteiger partial charge is 0.326 e. The van der Waals surface area contributed by atoms with E-state index in [1.165, 1.54) is 30.4 Å². The molecule has 2 aliphatic heterocycles. The lowest BCUT2D eigenvalue weighted by Gasteiger charge is -2.41. The van der Waals surface area contributed by atoms with Crippen molar-refractivity contribution in [3.8, 4) is 11.1 Å². The highest BCUT2D eigenvalue weighted by Gasteiger charge is 2.33. The molecule has 1 amide bonds. The number of carbonyl (C=O) groups is 1. The van der Waals surface area contributed by atoms with E-state index in [9.17, 15) is 9.59 Å². The Morgan fingerprint density at radius 3 is 2.52 bits per heavy atom. The summed E-state index contributed by atoms with van der Waals surface area (Å²) in [4.78, 5) is 30.6. The number of hydrogen-bond donors (Lipinski definition) is 1. The van der Waals surface area contributed by atoms with Gasteiger partial charge in [0.1, 0.15) is 6.54 Å². The quantitative estimate of drug-likeness (QED) is 0.789. The van der Waals surface area contributed by atoms with E-state index in [4.69, 9.17) is 0 Å². The maximum Gasteiger partial charge on any atom is 0.326 e. The smallest absolute Gasteiger partial charge is 0.318 e. The fourth-order valence-electron chi connectivity index (χ4n) is 5.20. The Morgan fingerprint density at radius 2 is 1.81 bits per heavy atom. The second-order valence-electron chi connectivity index (χ2n) is 9.46. The van der Waals surface area contributed by atoms with Gasteiger partial charge in [0.2, 0.25) is 5.56 Å². The highest BCUT2D eigenvalue weighted by Crippen LogP contribution is 2.26. The van der Waals surface area contributed by atoms with E-state index in [2.05, 4.69) is 28.0 Å². The van der Waals surface area contributed by atoms with Crippen molar-refractivity contribution >= 4 is 5.91 Å². The van der Waals surface area contributed by atoms with Gasteiger partial charge in [0.05, 0.1) is 13.1 Å². The van der Waals surface area contributed by atoms with Gasteiger partial charge in [-0.2, -0.15) is 0 Å². The predicted molar refractivity (Wildman–Crippen MR) is 121 cm³/mol. The van der Waals surface area contributed by atoms with Crippen molar-refractivity contribution in [2.75, 3.05) is 39.3 Å². The van der Waals surface area contributed by atoms with Crippen LogP contribution in [0.3, 0.4) is 0 Å². The van der Waals surface area contributed by atoms with Crippen LogP contribution >= 0.6 is 0 Å². The number of benzene rings is 1. The molecule has 5 rings (SSSR count). The number of amides is 1. The first-order chi connectivity index (χ1) is 15.1. The number of aryl methyl sites for hydroxylation is 1. The molecule has 1 saturated carbocycles. The first-order valence-electron chi connectivity index (χ1n) is 11.7. The summed E-state index contributed by atoms with van der Waals surface area (Å²) in [5.41, 5.74) is 4.89. The number of quaternary nitrogens is 1. The summed E-state index contributed by atoms with van der Waals surface area (Å²) in [6.45, 7) is 6.39. The van der Waals surface area contributed by atoms with Gasteiger partial charge in [-0.25, -0.2) is 4.79 Å². The van der Waals surface area contributed by atoms with E-state index in [1.54, 1.807) is 17.7 Å². The fourth-order valence-corrected chi connectivity index (χ4v) is 5.20. The number of fused-ring (bicyclic) bond motifs is 1. The highest BCUT2D eigenvalue weighted by atomic mass is 16.2. The SMILES string of the molecule is Cn1cc(-c2ccc3c(c2)CCN(CC(=O)[NH+]2CCN(C4CCC4)CC2)C3)ccc1=O. The van der Waals surface area contributed by atoms with Crippen molar-refractivity contribution in [3.05, 3.63) is 58.0 Å². The fraction of sp³-hybridized carbons (Fsp3) is 0.520. The molecule has 2 aromatic rings. The lowest BCUT2D eigenvalue weighted by atomic mass is 9.91. The van der Waals surface area contributed by atoms with Crippen LogP contribution < -0.4 is 10.5 Å². The van der Waals surface area contributed by atoms with Crippen molar-refractivity contribution in [3.63, 3.8) is 0 Å². The number of piperazine rings is 1. The minimum atomic E-state index is 0.00796. The summed E-state index contributed by atoms with van der Waals surface area (Å²) in [6, 6.07) is 10.9. The number of aromatic nitrogens is 1. The Hall–Kier alpha value is -2.28. The molecule has 1 aliphatic carbocycles. The normalized spacial score (nSPS) is 20.9. The third kappa shape index (κ3) is 4.38. The van der Waals surface area contributed by atoms with Crippen LogP contribution in [0.5, 0.6) is 0 Å². The Morgan fingerprint density at radius 1 is 1.03 bits per heavy atom. The Kier molecular flexibility index (Phi) is 5.78. The molecule has 0 bridgehead atoms. The molecule has 0 unspecified atom stereocenters. The summed E-state index contributed by atoms with van der Waals surface area (Å²) in [7, 11) is 1.79. The van der Waals surface area contributed by atoms with Crippen molar-refractivity contribution in [2.45, 2.75) is 38.3 Å². The van der Waals surface area contributed by atoms with Gasteiger partial charge in [0, 0.05) is 51.5 Å². The minimum Gasteiger partial charge on any atom is -0.318 e. The zero-order chi connectivity index (χ0) is 21.4. The number of nitrogens with zero attached hydrogens (tertiary/aromatic N) is 3. The number of hydrogen-bond acceptors (Lipinski definition) is 4. The van der Waals surface area contributed by atoms with E-state index in [0.717, 1.165) is 67.8 Å². The van der Waals surface area contributed by atoms with Gasteiger partial charge in [0.25, 0.3) is 0 Å². The lowest BCUT2D eigenvalue weighted by Crippen LogP contribution is -3.18. The zero-order valence-corrected chi connectivity index (χ0v) is 18.5. The van der Waals surface area contributed by atoms with Gasteiger partial charge in [-0.15, -0.1) is 0 Å². The van der Waals surface area contributed by atoms with Gasteiger partial charge in [-0.05, 0) is 47.6 Å². The number of nitrogens with one attached hydrogen (secondary N) is 1. The topological polar surface area (TPSA) is 50.0 Å². The summed E-state index contributed by atoms with van der Waals surface area (Å²) in [5, 5.41) is 0. The Labute approximate surface area is 184 Å². The van der Waals surface area contributed by atoms with Crippen LogP contribution in [-0.4, -0.2) is 65.6 Å². The minimum absolute atomic E-state index is 0.00796. The molecule has 3 aliphatic rings. The van der Waals surface area contributed by atoms with Crippen molar-refractivity contribution in [2.24, 2.45) is 7.05 Å². The molecule has 0 spiro atoms. The van der Waals surface area contributed by atoms with Crippen LogP contribution in [0.15, 0.2) is 41.3 Å². The second kappa shape index (κ2) is 8.69. The first kappa shape index (κ1) is 20.6. The third-order valence-corrected chi connectivity index (χ3v) is 7.47. The second-order valence-corrected chi connectivity index (χ2v) is 9.46. The standard InChI is InChI=1S/C25H32N4O2/c1-26-16-21(7-8-24(26)30)19-5-6-22-17-27(10-9-20(22)15-19)18-25(31)29-13-11-28(12-14-29)23-3-2-4-23/h5-8,15-16,23H,2-4,9-14,17-18H2,1H3/p+1. The van der Waals surface area contributed by atoms with E-state index >= 15 is 0 Å². The van der Waals surface area contributed by atoms with Gasteiger partial charge >= 0.3 is 5.91 Å². The number of rotatable bonds is 4. The van der Waals surface area contributed by atoms with Crippen LogP contribution in [0.25, 0.3) is 11.1 Å². The van der Waals surface area contributed by atoms with Crippen LogP contribution in [0, 0.1) is 0 Å². The van der Waals surface area contributed by atoms with Crippen LogP contribution in [0.4, 0.5) is 0 Å². The van der Waals surface area contributed by atoms with Gasteiger partial charge in [0.15, 0.2) is 0 Å². The van der Waals surface area contributed by atoms with Gasteiger partial charge in [-0.1, -0.05) is 24.6 Å². The maximum atomic E-state index is 12.9. The van der Waals surface area contributed by atoms with Gasteiger partial charge < -0.3 is 4.57 Å². The van der Waals surface area contributed by atoms with E-state index in [0.29, 0.717) is 12.5 Å². The summed E-state index contributed by atoms with van der Waals surface area (Å²) in [5.74, 6) is 0.360. The Bertz CT molecular complexity index is 1020. The Balaban J connectivity index is 1.18. The molecule has 1 N–H and O–H groups in total.